The molecule has 0 spiro atoms. The minimum absolute atomic E-state index is 0.0837. The summed E-state index contributed by atoms with van der Waals surface area (Å²) in [6.07, 6.45) is -3.13. The molecule has 1 rings (SSSR count). The van der Waals surface area contributed by atoms with Crippen LogP contribution in [-0.4, -0.2) is 16.6 Å². The van der Waals surface area contributed by atoms with E-state index in [9.17, 15) is 18.0 Å². The Morgan fingerprint density at radius 1 is 1.38 bits per heavy atom. The predicted molar refractivity (Wildman–Crippen MR) is 73.8 cm³/mol. The third-order valence-corrected chi connectivity index (χ3v) is 3.56. The zero-order chi connectivity index (χ0) is 16.3. The molecular formula is C15H20F3NO2. The first-order chi connectivity index (χ1) is 9.56. The third kappa shape index (κ3) is 5.04. The lowest BCUT2D eigenvalue weighted by molar-refractivity contribution is -0.143. The molecule has 0 aliphatic rings. The van der Waals surface area contributed by atoms with E-state index in [1.165, 1.54) is 13.0 Å². The summed E-state index contributed by atoms with van der Waals surface area (Å²) in [6, 6.07) is 5.11. The molecule has 0 saturated carbocycles. The van der Waals surface area contributed by atoms with Crippen LogP contribution in [0.15, 0.2) is 24.3 Å². The molecule has 0 saturated heterocycles. The monoisotopic (exact) mass is 303 g/mol. The molecule has 1 aromatic carbocycles. The summed E-state index contributed by atoms with van der Waals surface area (Å²) in [5.41, 5.74) is 4.19. The van der Waals surface area contributed by atoms with Crippen LogP contribution < -0.4 is 5.73 Å². The van der Waals surface area contributed by atoms with Gasteiger partial charge in [0.2, 0.25) is 0 Å². The van der Waals surface area contributed by atoms with Crippen molar-refractivity contribution in [1.82, 2.24) is 0 Å². The van der Waals surface area contributed by atoms with Crippen molar-refractivity contribution in [2.24, 2.45) is 11.7 Å². The van der Waals surface area contributed by atoms with Crippen molar-refractivity contribution >= 4 is 5.97 Å². The van der Waals surface area contributed by atoms with Gasteiger partial charge in [0, 0.05) is 0 Å². The lowest BCUT2D eigenvalue weighted by atomic mass is 9.84. The van der Waals surface area contributed by atoms with Crippen LogP contribution in [0.2, 0.25) is 0 Å². The van der Waals surface area contributed by atoms with Crippen LogP contribution in [0.1, 0.15) is 37.8 Å². The number of alkyl halides is 3. The molecule has 21 heavy (non-hydrogen) atoms. The molecular weight excluding hydrogens is 283 g/mol. The maximum Gasteiger partial charge on any atom is 0.416 e. The van der Waals surface area contributed by atoms with Gasteiger partial charge in [0.25, 0.3) is 0 Å². The number of benzene rings is 1. The van der Waals surface area contributed by atoms with Gasteiger partial charge in [-0.3, -0.25) is 4.79 Å². The highest BCUT2D eigenvalue weighted by Crippen LogP contribution is 2.30. The molecule has 0 bridgehead atoms. The van der Waals surface area contributed by atoms with Crippen molar-refractivity contribution in [3.63, 3.8) is 0 Å². The Labute approximate surface area is 122 Å². The number of nitrogens with two attached hydrogens (primary N) is 1. The number of halogens is 3. The van der Waals surface area contributed by atoms with E-state index >= 15 is 0 Å². The highest BCUT2D eigenvalue weighted by molar-refractivity contribution is 5.77. The van der Waals surface area contributed by atoms with E-state index < -0.39 is 23.2 Å². The normalized spacial score (nSPS) is 16.3. The van der Waals surface area contributed by atoms with E-state index in [2.05, 4.69) is 0 Å². The Morgan fingerprint density at radius 2 is 2.00 bits per heavy atom. The van der Waals surface area contributed by atoms with Crippen LogP contribution in [0.4, 0.5) is 13.2 Å². The van der Waals surface area contributed by atoms with Crippen molar-refractivity contribution in [3.8, 4) is 0 Å². The molecule has 0 aliphatic heterocycles. The van der Waals surface area contributed by atoms with E-state index in [1.807, 2.05) is 6.92 Å². The molecule has 0 radical (unpaired) electrons. The molecule has 1 aromatic rings. The molecule has 0 aliphatic carbocycles. The average molecular weight is 303 g/mol. The molecule has 2 unspecified atom stereocenters. The molecule has 3 N–H and O–H groups in total. The zero-order valence-electron chi connectivity index (χ0n) is 12.1. The second-order valence-electron chi connectivity index (χ2n) is 5.60. The van der Waals surface area contributed by atoms with Crippen molar-refractivity contribution in [1.29, 1.82) is 0 Å². The van der Waals surface area contributed by atoms with Crippen LogP contribution >= 0.6 is 0 Å². The largest absolute Gasteiger partial charge is 0.480 e. The SMILES string of the molecule is CCC(Cc1cccc(C(F)(F)F)c1)CC(C)(N)C(=O)O. The number of carboxylic acids is 1. The van der Waals surface area contributed by atoms with Gasteiger partial charge in [-0.15, -0.1) is 0 Å². The molecule has 118 valence electrons. The van der Waals surface area contributed by atoms with Gasteiger partial charge in [-0.25, -0.2) is 0 Å². The van der Waals surface area contributed by atoms with Crippen LogP contribution in [0.5, 0.6) is 0 Å². The molecule has 0 fully saturated rings. The van der Waals surface area contributed by atoms with E-state index in [0.29, 0.717) is 18.4 Å². The number of carboxylic acid groups (broad SMARTS) is 1. The molecule has 3 nitrogen and oxygen atoms in total. The maximum atomic E-state index is 12.7. The van der Waals surface area contributed by atoms with Crippen molar-refractivity contribution in [3.05, 3.63) is 35.4 Å². The Hall–Kier alpha value is -1.56. The fourth-order valence-corrected chi connectivity index (χ4v) is 2.26. The summed E-state index contributed by atoms with van der Waals surface area (Å²) in [7, 11) is 0. The Kier molecular flexibility index (Phi) is 5.39. The number of aliphatic carboxylic acids is 1. The number of hydrogen-bond donors (Lipinski definition) is 2. The first-order valence-corrected chi connectivity index (χ1v) is 6.74. The van der Waals surface area contributed by atoms with Gasteiger partial charge >= 0.3 is 12.1 Å². The average Bonchev–Trinajstić information content (AvgIpc) is 2.36. The topological polar surface area (TPSA) is 63.3 Å². The van der Waals surface area contributed by atoms with E-state index in [-0.39, 0.29) is 12.3 Å². The first kappa shape index (κ1) is 17.5. The van der Waals surface area contributed by atoms with E-state index in [1.54, 1.807) is 6.07 Å². The summed E-state index contributed by atoms with van der Waals surface area (Å²) >= 11 is 0. The molecule has 2 atom stereocenters. The van der Waals surface area contributed by atoms with Crippen LogP contribution in [0.3, 0.4) is 0 Å². The Morgan fingerprint density at radius 3 is 2.48 bits per heavy atom. The lowest BCUT2D eigenvalue weighted by Crippen LogP contribution is -2.46. The smallest absolute Gasteiger partial charge is 0.416 e. The number of hydrogen-bond acceptors (Lipinski definition) is 2. The fraction of sp³-hybridized carbons (Fsp3) is 0.533. The zero-order valence-corrected chi connectivity index (χ0v) is 12.1. The second-order valence-corrected chi connectivity index (χ2v) is 5.60. The Bertz CT molecular complexity index is 498. The van der Waals surface area contributed by atoms with E-state index in [0.717, 1.165) is 12.1 Å². The molecule has 0 amide bonds. The van der Waals surface area contributed by atoms with Crippen molar-refractivity contribution in [2.45, 2.75) is 44.8 Å². The second kappa shape index (κ2) is 6.47. The summed E-state index contributed by atoms with van der Waals surface area (Å²) < 4.78 is 38.0. The van der Waals surface area contributed by atoms with E-state index in [4.69, 9.17) is 10.8 Å². The molecule has 0 aromatic heterocycles. The van der Waals surface area contributed by atoms with Gasteiger partial charge in [0.1, 0.15) is 5.54 Å². The Balaban J connectivity index is 2.85. The summed E-state index contributed by atoms with van der Waals surface area (Å²) in [5, 5.41) is 9.03. The number of rotatable bonds is 6. The number of carbonyl (C=O) groups is 1. The van der Waals surface area contributed by atoms with Crippen molar-refractivity contribution < 1.29 is 23.1 Å². The molecule has 0 heterocycles. The first-order valence-electron chi connectivity index (χ1n) is 6.74. The van der Waals surface area contributed by atoms with Gasteiger partial charge < -0.3 is 10.8 Å². The fourth-order valence-electron chi connectivity index (χ4n) is 2.26. The highest BCUT2D eigenvalue weighted by Gasteiger charge is 2.32. The predicted octanol–water partition coefficient (Wildman–Crippen LogP) is 3.47. The van der Waals surface area contributed by atoms with Gasteiger partial charge in [-0.05, 0) is 37.3 Å². The summed E-state index contributed by atoms with van der Waals surface area (Å²) in [5.74, 6) is -1.19. The minimum Gasteiger partial charge on any atom is -0.480 e. The van der Waals surface area contributed by atoms with Gasteiger partial charge in [-0.1, -0.05) is 31.5 Å². The third-order valence-electron chi connectivity index (χ3n) is 3.56. The van der Waals surface area contributed by atoms with Crippen molar-refractivity contribution in [2.75, 3.05) is 0 Å². The van der Waals surface area contributed by atoms with Gasteiger partial charge in [-0.2, -0.15) is 13.2 Å². The molecule has 6 heteroatoms. The lowest BCUT2D eigenvalue weighted by Gasteiger charge is -2.25. The van der Waals surface area contributed by atoms with Crippen LogP contribution in [0, 0.1) is 5.92 Å². The minimum atomic E-state index is -4.37. The quantitative estimate of drug-likeness (QED) is 0.846. The van der Waals surface area contributed by atoms with Gasteiger partial charge in [0.05, 0.1) is 5.56 Å². The maximum absolute atomic E-state index is 12.7. The van der Waals surface area contributed by atoms with Crippen LogP contribution in [0.25, 0.3) is 0 Å². The highest BCUT2D eigenvalue weighted by atomic mass is 19.4. The standard InChI is InChI=1S/C15H20F3NO2/c1-3-10(9-14(2,19)13(20)21)7-11-5-4-6-12(8-11)15(16,17)18/h4-6,8,10H,3,7,9,19H2,1-2H3,(H,20,21). The summed E-state index contributed by atoms with van der Waals surface area (Å²) in [6.45, 7) is 3.29. The van der Waals surface area contributed by atoms with Crippen LogP contribution in [-0.2, 0) is 17.4 Å². The summed E-state index contributed by atoms with van der Waals surface area (Å²) in [4.78, 5) is 11.0. The van der Waals surface area contributed by atoms with Gasteiger partial charge in [0.15, 0.2) is 0 Å².